The molecule has 0 radical (unpaired) electrons. The van der Waals surface area contributed by atoms with Gasteiger partial charge in [-0.15, -0.1) is 0 Å². The molecule has 1 atom stereocenters. The number of carbonyl (C=O) groups is 2. The Kier molecular flexibility index (Phi) is 4.82. The average Bonchev–Trinajstić information content (AvgIpc) is 2.34. The molecule has 1 aromatic heterocycles. The predicted molar refractivity (Wildman–Crippen MR) is 68.9 cm³/mol. The Hall–Kier alpha value is -2.15. The smallest absolute Gasteiger partial charge is 0.321 e. The number of aliphatic carboxylic acids is 1. The summed E-state index contributed by atoms with van der Waals surface area (Å²) in [6, 6.07) is 2.96. The fourth-order valence-corrected chi connectivity index (χ4v) is 1.44. The first-order chi connectivity index (χ1) is 8.82. The van der Waals surface area contributed by atoms with Crippen molar-refractivity contribution in [3.63, 3.8) is 0 Å². The number of nitrogens with one attached hydrogen (secondary N) is 1. The maximum absolute atomic E-state index is 11.8. The zero-order chi connectivity index (χ0) is 14.5. The summed E-state index contributed by atoms with van der Waals surface area (Å²) in [5.74, 6) is -1.13. The van der Waals surface area contributed by atoms with Gasteiger partial charge in [0.05, 0.1) is 23.9 Å². The fourth-order valence-electron chi connectivity index (χ4n) is 1.44. The normalized spacial score (nSPS) is 13.4. The van der Waals surface area contributed by atoms with Crippen molar-refractivity contribution in [1.82, 2.24) is 10.3 Å². The molecule has 2 amide bonds. The number of carboxylic acids is 1. The molecule has 19 heavy (non-hydrogen) atoms. The van der Waals surface area contributed by atoms with Gasteiger partial charge < -0.3 is 15.5 Å². The van der Waals surface area contributed by atoms with Crippen molar-refractivity contribution in [1.29, 1.82) is 0 Å². The standard InChI is InChI=1S/C12H17N3O4/c1-12(19,6-10(16)17)8-14-11(18)15(2)9-4-3-5-13-7-9/h3-5,7,19H,6,8H2,1-2H3,(H,14,18)(H,16,17). The predicted octanol–water partition coefficient (Wildman–Crippen LogP) is 0.453. The van der Waals surface area contributed by atoms with Gasteiger partial charge in [0.2, 0.25) is 0 Å². The second-order valence-corrected chi connectivity index (χ2v) is 4.50. The molecule has 7 heteroatoms. The number of aromatic nitrogens is 1. The van der Waals surface area contributed by atoms with Gasteiger partial charge in [0, 0.05) is 19.8 Å². The van der Waals surface area contributed by atoms with Gasteiger partial charge in [-0.05, 0) is 19.1 Å². The lowest BCUT2D eigenvalue weighted by molar-refractivity contribution is -0.141. The number of amides is 2. The maximum Gasteiger partial charge on any atom is 0.321 e. The molecule has 1 heterocycles. The number of nitrogens with zero attached hydrogens (tertiary/aromatic N) is 2. The lowest BCUT2D eigenvalue weighted by Crippen LogP contribution is -2.46. The molecule has 0 fully saturated rings. The van der Waals surface area contributed by atoms with Crippen LogP contribution < -0.4 is 10.2 Å². The first-order valence-corrected chi connectivity index (χ1v) is 5.67. The van der Waals surface area contributed by atoms with E-state index in [-0.39, 0.29) is 6.54 Å². The monoisotopic (exact) mass is 267 g/mol. The topological polar surface area (TPSA) is 103 Å². The van der Waals surface area contributed by atoms with E-state index in [9.17, 15) is 14.7 Å². The van der Waals surface area contributed by atoms with E-state index in [0.29, 0.717) is 5.69 Å². The quantitative estimate of drug-likeness (QED) is 0.719. The summed E-state index contributed by atoms with van der Waals surface area (Å²) in [5, 5.41) is 20.8. The van der Waals surface area contributed by atoms with E-state index in [1.807, 2.05) is 0 Å². The fraction of sp³-hybridized carbons (Fsp3) is 0.417. The molecule has 7 nitrogen and oxygen atoms in total. The summed E-state index contributed by atoms with van der Waals surface area (Å²) in [6.45, 7) is 1.20. The number of hydrogen-bond acceptors (Lipinski definition) is 4. The zero-order valence-electron chi connectivity index (χ0n) is 10.8. The van der Waals surface area contributed by atoms with E-state index in [2.05, 4.69) is 10.3 Å². The van der Waals surface area contributed by atoms with Crippen LogP contribution in [0.15, 0.2) is 24.5 Å². The van der Waals surface area contributed by atoms with Gasteiger partial charge in [0.25, 0.3) is 0 Å². The van der Waals surface area contributed by atoms with Gasteiger partial charge in [0.15, 0.2) is 0 Å². The van der Waals surface area contributed by atoms with E-state index in [0.717, 1.165) is 0 Å². The van der Waals surface area contributed by atoms with E-state index < -0.39 is 24.0 Å². The second-order valence-electron chi connectivity index (χ2n) is 4.50. The molecule has 3 N–H and O–H groups in total. The molecule has 1 rings (SSSR count). The second kappa shape index (κ2) is 6.14. The molecule has 0 aliphatic rings. The minimum absolute atomic E-state index is 0.150. The number of hydrogen-bond donors (Lipinski definition) is 3. The maximum atomic E-state index is 11.8. The highest BCUT2D eigenvalue weighted by Gasteiger charge is 2.25. The lowest BCUT2D eigenvalue weighted by atomic mass is 10.0. The van der Waals surface area contributed by atoms with E-state index >= 15 is 0 Å². The Morgan fingerprint density at radius 1 is 1.53 bits per heavy atom. The summed E-state index contributed by atoms with van der Waals surface area (Å²) in [4.78, 5) is 27.5. The van der Waals surface area contributed by atoms with Crippen LogP contribution in [0.1, 0.15) is 13.3 Å². The Morgan fingerprint density at radius 3 is 2.74 bits per heavy atom. The van der Waals surface area contributed by atoms with E-state index in [1.165, 1.54) is 18.0 Å². The number of carboxylic acid groups (broad SMARTS) is 1. The van der Waals surface area contributed by atoms with Crippen molar-refractivity contribution in [2.24, 2.45) is 0 Å². The molecule has 104 valence electrons. The van der Waals surface area contributed by atoms with Crippen molar-refractivity contribution in [3.05, 3.63) is 24.5 Å². The third-order valence-electron chi connectivity index (χ3n) is 2.49. The highest BCUT2D eigenvalue weighted by molar-refractivity contribution is 5.91. The van der Waals surface area contributed by atoms with Crippen LogP contribution in [0.4, 0.5) is 10.5 Å². The molecule has 0 aliphatic carbocycles. The molecule has 0 saturated carbocycles. The molecule has 0 bridgehead atoms. The summed E-state index contributed by atoms with van der Waals surface area (Å²) >= 11 is 0. The van der Waals surface area contributed by atoms with Gasteiger partial charge in [-0.3, -0.25) is 14.7 Å². The third kappa shape index (κ3) is 4.92. The van der Waals surface area contributed by atoms with Gasteiger partial charge in [-0.25, -0.2) is 4.79 Å². The van der Waals surface area contributed by atoms with Crippen molar-refractivity contribution in [2.45, 2.75) is 18.9 Å². The number of urea groups is 1. The molecule has 1 aromatic rings. The Balaban J connectivity index is 2.54. The van der Waals surface area contributed by atoms with Gasteiger partial charge in [-0.1, -0.05) is 0 Å². The number of pyridine rings is 1. The number of rotatable bonds is 5. The molecule has 0 aliphatic heterocycles. The van der Waals surface area contributed by atoms with Crippen LogP contribution in [0.25, 0.3) is 0 Å². The third-order valence-corrected chi connectivity index (χ3v) is 2.49. The van der Waals surface area contributed by atoms with E-state index in [1.54, 1.807) is 25.4 Å². The van der Waals surface area contributed by atoms with Crippen molar-refractivity contribution < 1.29 is 19.8 Å². The summed E-state index contributed by atoms with van der Waals surface area (Å²) in [5.41, 5.74) is -0.894. The first-order valence-electron chi connectivity index (χ1n) is 5.67. The van der Waals surface area contributed by atoms with Gasteiger partial charge in [0.1, 0.15) is 0 Å². The molecular formula is C12H17N3O4. The average molecular weight is 267 g/mol. The molecule has 0 spiro atoms. The van der Waals surface area contributed by atoms with Crippen LogP contribution in [0.5, 0.6) is 0 Å². The van der Waals surface area contributed by atoms with Crippen LogP contribution in [-0.2, 0) is 4.79 Å². The minimum atomic E-state index is -1.49. The summed E-state index contributed by atoms with van der Waals surface area (Å²) < 4.78 is 0. The number of anilines is 1. The van der Waals surface area contributed by atoms with Crippen molar-refractivity contribution in [2.75, 3.05) is 18.5 Å². The van der Waals surface area contributed by atoms with Crippen molar-refractivity contribution in [3.8, 4) is 0 Å². The highest BCUT2D eigenvalue weighted by Crippen LogP contribution is 2.11. The first kappa shape index (κ1) is 14.9. The largest absolute Gasteiger partial charge is 0.481 e. The Labute approximate surface area is 110 Å². The van der Waals surface area contributed by atoms with Crippen molar-refractivity contribution >= 4 is 17.7 Å². The molecule has 0 aromatic carbocycles. The van der Waals surface area contributed by atoms with E-state index in [4.69, 9.17) is 5.11 Å². The number of carbonyl (C=O) groups excluding carboxylic acids is 1. The molecule has 0 saturated heterocycles. The van der Waals surface area contributed by atoms with Gasteiger partial charge in [-0.2, -0.15) is 0 Å². The Bertz CT molecular complexity index is 448. The van der Waals surface area contributed by atoms with Gasteiger partial charge >= 0.3 is 12.0 Å². The summed E-state index contributed by atoms with van der Waals surface area (Å²) in [6.07, 6.45) is 2.67. The highest BCUT2D eigenvalue weighted by atomic mass is 16.4. The SMILES string of the molecule is CN(C(=O)NCC(C)(O)CC(=O)O)c1cccnc1. The number of aliphatic hydroxyl groups is 1. The van der Waals surface area contributed by atoms with Crippen LogP contribution >= 0.6 is 0 Å². The zero-order valence-corrected chi connectivity index (χ0v) is 10.8. The molecular weight excluding hydrogens is 250 g/mol. The molecule has 1 unspecified atom stereocenters. The minimum Gasteiger partial charge on any atom is -0.481 e. The van der Waals surface area contributed by atoms with Crippen LogP contribution in [0.3, 0.4) is 0 Å². The Morgan fingerprint density at radius 2 is 2.21 bits per heavy atom. The van der Waals surface area contributed by atoms with Crippen LogP contribution in [0.2, 0.25) is 0 Å². The summed E-state index contributed by atoms with van der Waals surface area (Å²) in [7, 11) is 1.55. The lowest BCUT2D eigenvalue weighted by Gasteiger charge is -2.24. The van der Waals surface area contributed by atoms with Crippen LogP contribution in [-0.4, -0.2) is 46.4 Å². The van der Waals surface area contributed by atoms with Crippen LogP contribution in [0, 0.1) is 0 Å².